The second-order valence-electron chi connectivity index (χ2n) is 4.05. The smallest absolute Gasteiger partial charge is 0.339 e. The van der Waals surface area contributed by atoms with Crippen molar-refractivity contribution >= 4 is 11.7 Å². The Morgan fingerprint density at radius 2 is 2.16 bits per heavy atom. The summed E-state index contributed by atoms with van der Waals surface area (Å²) in [6, 6.07) is 10.7. The predicted molar refractivity (Wildman–Crippen MR) is 68.9 cm³/mol. The van der Waals surface area contributed by atoms with Crippen molar-refractivity contribution in [1.82, 2.24) is 0 Å². The van der Waals surface area contributed by atoms with Gasteiger partial charge in [-0.25, -0.2) is 4.79 Å². The Labute approximate surface area is 110 Å². The first-order valence-electron chi connectivity index (χ1n) is 5.63. The summed E-state index contributed by atoms with van der Waals surface area (Å²) < 4.78 is 5.19. The van der Waals surface area contributed by atoms with Gasteiger partial charge in [-0.3, -0.25) is 0 Å². The Hall–Kier alpha value is -2.74. The zero-order chi connectivity index (χ0) is 13.8. The largest absolute Gasteiger partial charge is 0.478 e. The molecule has 0 amide bonds. The van der Waals surface area contributed by atoms with Crippen molar-refractivity contribution < 1.29 is 14.3 Å². The monoisotopic (exact) mass is 256 g/mol. The van der Waals surface area contributed by atoms with Crippen LogP contribution in [-0.2, 0) is 6.54 Å². The van der Waals surface area contributed by atoms with Gasteiger partial charge in [0.1, 0.15) is 17.4 Å². The molecule has 19 heavy (non-hydrogen) atoms. The number of anilines is 1. The summed E-state index contributed by atoms with van der Waals surface area (Å²) in [6.45, 7) is 0.285. The predicted octanol–water partition coefficient (Wildman–Crippen LogP) is 2.49. The Morgan fingerprint density at radius 3 is 2.84 bits per heavy atom. The molecule has 1 N–H and O–H groups in total. The highest BCUT2D eigenvalue weighted by molar-refractivity contribution is 5.88. The molecule has 1 aromatic heterocycles. The molecule has 0 aliphatic rings. The fourth-order valence-electron chi connectivity index (χ4n) is 1.86. The molecule has 5 heteroatoms. The van der Waals surface area contributed by atoms with E-state index in [2.05, 4.69) is 6.07 Å². The molecule has 0 bridgehead atoms. The number of carboxylic acids is 1. The summed E-state index contributed by atoms with van der Waals surface area (Å²) in [5, 5.41) is 18.0. The minimum absolute atomic E-state index is 0.140. The summed E-state index contributed by atoms with van der Waals surface area (Å²) in [5.41, 5.74) is 1.41. The van der Waals surface area contributed by atoms with E-state index in [1.54, 1.807) is 24.1 Å². The number of carboxylic acid groups (broad SMARTS) is 1. The van der Waals surface area contributed by atoms with E-state index in [-0.39, 0.29) is 12.1 Å². The van der Waals surface area contributed by atoms with Crippen LogP contribution < -0.4 is 4.90 Å². The average molecular weight is 256 g/mol. The van der Waals surface area contributed by atoms with Crippen molar-refractivity contribution in [2.24, 2.45) is 0 Å². The summed E-state index contributed by atoms with van der Waals surface area (Å²) in [7, 11) is 1.78. The van der Waals surface area contributed by atoms with Crippen molar-refractivity contribution in [3.63, 3.8) is 0 Å². The van der Waals surface area contributed by atoms with Crippen molar-refractivity contribution in [2.45, 2.75) is 6.54 Å². The van der Waals surface area contributed by atoms with Gasteiger partial charge in [-0.2, -0.15) is 5.26 Å². The van der Waals surface area contributed by atoms with E-state index in [0.717, 1.165) is 5.69 Å². The summed E-state index contributed by atoms with van der Waals surface area (Å²) >= 11 is 0. The third-order valence-corrected chi connectivity index (χ3v) is 2.79. The van der Waals surface area contributed by atoms with Crippen LogP contribution in [0.4, 0.5) is 5.69 Å². The number of nitrogens with zero attached hydrogens (tertiary/aromatic N) is 2. The lowest BCUT2D eigenvalue weighted by Gasteiger charge is -2.19. The van der Waals surface area contributed by atoms with Crippen molar-refractivity contribution in [1.29, 1.82) is 5.26 Å². The highest BCUT2D eigenvalue weighted by atomic mass is 16.4. The molecular weight excluding hydrogens is 244 g/mol. The van der Waals surface area contributed by atoms with Crippen LogP contribution >= 0.6 is 0 Å². The molecular formula is C14H12N2O3. The Kier molecular flexibility index (Phi) is 3.53. The Morgan fingerprint density at radius 1 is 1.42 bits per heavy atom. The molecule has 0 spiro atoms. The van der Waals surface area contributed by atoms with Crippen LogP contribution in [0.1, 0.15) is 21.7 Å². The summed E-state index contributed by atoms with van der Waals surface area (Å²) in [6.07, 6.45) is 1.35. The van der Waals surface area contributed by atoms with Gasteiger partial charge in [-0.1, -0.05) is 12.1 Å². The normalized spacial score (nSPS) is 9.89. The molecule has 0 atom stereocenters. The summed E-state index contributed by atoms with van der Waals surface area (Å²) in [5.74, 6) is -0.659. The second kappa shape index (κ2) is 5.27. The number of rotatable bonds is 4. The number of nitriles is 1. The number of para-hydroxylation sites is 1. The van der Waals surface area contributed by atoms with Crippen LogP contribution in [-0.4, -0.2) is 18.1 Å². The maximum absolute atomic E-state index is 11.0. The number of furan rings is 1. The molecule has 96 valence electrons. The Bertz CT molecular complexity index is 640. The van der Waals surface area contributed by atoms with Crippen LogP contribution in [0.5, 0.6) is 0 Å². The van der Waals surface area contributed by atoms with Crippen LogP contribution in [0, 0.1) is 11.3 Å². The van der Waals surface area contributed by atoms with Gasteiger partial charge in [0.05, 0.1) is 24.1 Å². The summed E-state index contributed by atoms with van der Waals surface area (Å²) in [4.78, 5) is 12.8. The van der Waals surface area contributed by atoms with E-state index in [1.807, 2.05) is 12.1 Å². The quantitative estimate of drug-likeness (QED) is 0.909. The number of hydrogen-bond acceptors (Lipinski definition) is 4. The Balaban J connectivity index is 2.26. The second-order valence-corrected chi connectivity index (χ2v) is 4.05. The van der Waals surface area contributed by atoms with Gasteiger partial charge in [0.15, 0.2) is 0 Å². The number of carbonyl (C=O) groups is 1. The van der Waals surface area contributed by atoms with E-state index >= 15 is 0 Å². The number of aromatic carboxylic acids is 1. The molecule has 0 unspecified atom stereocenters. The molecule has 0 fully saturated rings. The van der Waals surface area contributed by atoms with E-state index in [1.165, 1.54) is 12.3 Å². The lowest BCUT2D eigenvalue weighted by atomic mass is 10.1. The molecule has 5 nitrogen and oxygen atoms in total. The number of hydrogen-bond donors (Lipinski definition) is 1. The van der Waals surface area contributed by atoms with Gasteiger partial charge in [-0.05, 0) is 18.2 Å². The van der Waals surface area contributed by atoms with Gasteiger partial charge in [0.25, 0.3) is 0 Å². The van der Waals surface area contributed by atoms with Gasteiger partial charge >= 0.3 is 5.97 Å². The molecule has 0 saturated carbocycles. The molecule has 1 heterocycles. The van der Waals surface area contributed by atoms with E-state index in [9.17, 15) is 4.79 Å². The van der Waals surface area contributed by atoms with E-state index in [0.29, 0.717) is 11.3 Å². The lowest BCUT2D eigenvalue weighted by Crippen LogP contribution is -2.18. The molecule has 2 rings (SSSR count). The topological polar surface area (TPSA) is 77.5 Å². The molecule has 0 aliphatic heterocycles. The first-order chi connectivity index (χ1) is 9.13. The average Bonchev–Trinajstić information content (AvgIpc) is 2.87. The van der Waals surface area contributed by atoms with Crippen molar-refractivity contribution in [2.75, 3.05) is 11.9 Å². The third-order valence-electron chi connectivity index (χ3n) is 2.79. The lowest BCUT2D eigenvalue weighted by molar-refractivity contribution is 0.0694. The minimum Gasteiger partial charge on any atom is -0.478 e. The van der Waals surface area contributed by atoms with Crippen molar-refractivity contribution in [3.8, 4) is 6.07 Å². The van der Waals surface area contributed by atoms with Crippen molar-refractivity contribution in [3.05, 3.63) is 53.5 Å². The number of benzene rings is 1. The molecule has 0 radical (unpaired) electrons. The first-order valence-corrected chi connectivity index (χ1v) is 5.63. The molecule has 0 saturated heterocycles. The highest BCUT2D eigenvalue weighted by Crippen LogP contribution is 2.21. The van der Waals surface area contributed by atoms with Gasteiger partial charge in [-0.15, -0.1) is 0 Å². The van der Waals surface area contributed by atoms with E-state index in [4.69, 9.17) is 14.8 Å². The maximum atomic E-state index is 11.0. The first kappa shape index (κ1) is 12.7. The fraction of sp³-hybridized carbons (Fsp3) is 0.143. The van der Waals surface area contributed by atoms with Gasteiger partial charge in [0.2, 0.25) is 0 Å². The van der Waals surface area contributed by atoms with Crippen LogP contribution in [0.2, 0.25) is 0 Å². The zero-order valence-electron chi connectivity index (χ0n) is 10.3. The fourth-order valence-corrected chi connectivity index (χ4v) is 1.86. The SMILES string of the molecule is CN(Cc1occc1C(=O)O)c1ccccc1C#N. The third kappa shape index (κ3) is 2.58. The van der Waals surface area contributed by atoms with Crippen LogP contribution in [0.15, 0.2) is 41.0 Å². The van der Waals surface area contributed by atoms with Gasteiger partial charge in [0, 0.05) is 7.05 Å². The highest BCUT2D eigenvalue weighted by Gasteiger charge is 2.16. The van der Waals surface area contributed by atoms with Crippen LogP contribution in [0.25, 0.3) is 0 Å². The zero-order valence-corrected chi connectivity index (χ0v) is 10.3. The van der Waals surface area contributed by atoms with E-state index < -0.39 is 5.97 Å². The maximum Gasteiger partial charge on any atom is 0.339 e. The minimum atomic E-state index is -1.02. The van der Waals surface area contributed by atoms with Crippen LogP contribution in [0.3, 0.4) is 0 Å². The van der Waals surface area contributed by atoms with Gasteiger partial charge < -0.3 is 14.4 Å². The standard InChI is InChI=1S/C14H12N2O3/c1-16(12-5-3-2-4-10(12)8-15)9-13-11(14(17)18)6-7-19-13/h2-7H,9H2,1H3,(H,17,18). The molecule has 1 aromatic carbocycles. The molecule has 0 aliphatic carbocycles. The molecule has 2 aromatic rings.